The number of esters is 2. The van der Waals surface area contributed by atoms with E-state index < -0.39 is 23.4 Å². The molecule has 2 aliphatic heterocycles. The average Bonchev–Trinajstić information content (AvgIpc) is 4.03. The maximum Gasteiger partial charge on any atom is 0.331 e. The summed E-state index contributed by atoms with van der Waals surface area (Å²) in [4.78, 5) is 52.9. The Kier molecular flexibility index (Phi) is 13.2. The highest BCUT2D eigenvalue weighted by Gasteiger charge is 2.43. The molecule has 2 heterocycles. The quantitative estimate of drug-likeness (QED) is 0.249. The largest absolute Gasteiger partial charge is 0.468 e. The van der Waals surface area contributed by atoms with Crippen LogP contribution in [0.5, 0.6) is 0 Å². The summed E-state index contributed by atoms with van der Waals surface area (Å²) >= 11 is 5.49. The number of carbonyl (C=O) groups excluding carboxylic acids is 4. The zero-order valence-electron chi connectivity index (χ0n) is 26.2. The van der Waals surface area contributed by atoms with Crippen molar-refractivity contribution in [2.24, 2.45) is 11.8 Å². The van der Waals surface area contributed by atoms with E-state index in [0.29, 0.717) is 13.1 Å². The van der Waals surface area contributed by atoms with E-state index in [2.05, 4.69) is 62.3 Å². The number of methoxy groups -OCH3 is 2. The van der Waals surface area contributed by atoms with Gasteiger partial charge in [0.25, 0.3) is 0 Å². The molecule has 244 valence electrons. The number of piperazine rings is 2. The van der Waals surface area contributed by atoms with Gasteiger partial charge in [-0.1, -0.05) is 36.4 Å². The van der Waals surface area contributed by atoms with E-state index in [0.717, 1.165) is 65.0 Å². The molecule has 2 saturated carbocycles. The Balaban J connectivity index is 0.000000169. The summed E-state index contributed by atoms with van der Waals surface area (Å²) in [6.45, 7) is 7.50. The van der Waals surface area contributed by atoms with Crippen LogP contribution in [0.25, 0.3) is 0 Å². The van der Waals surface area contributed by atoms with Crippen molar-refractivity contribution in [1.82, 2.24) is 10.2 Å². The second-order valence-electron chi connectivity index (χ2n) is 11.6. The first-order valence-electron chi connectivity index (χ1n) is 15.8. The number of ether oxygens (including phenoxy) is 2. The Morgan fingerprint density at radius 1 is 0.667 bits per heavy atom. The first-order chi connectivity index (χ1) is 21.8. The number of ketones is 2. The van der Waals surface area contributed by atoms with Crippen LogP contribution in [0.1, 0.15) is 25.7 Å². The van der Waals surface area contributed by atoms with Crippen molar-refractivity contribution >= 4 is 46.5 Å². The molecule has 0 radical (unpaired) electrons. The van der Waals surface area contributed by atoms with Gasteiger partial charge in [-0.15, -0.1) is 11.6 Å². The van der Waals surface area contributed by atoms with Crippen LogP contribution in [-0.4, -0.2) is 106 Å². The summed E-state index contributed by atoms with van der Waals surface area (Å²) in [5.74, 6) is -1.14. The van der Waals surface area contributed by atoms with E-state index in [4.69, 9.17) is 16.3 Å². The molecule has 0 aromatic heterocycles. The number of halogens is 1. The highest BCUT2D eigenvalue weighted by molar-refractivity contribution is 6.41. The molecule has 2 aromatic carbocycles. The standard InChI is InChI=1S/C17H22N2O3.C10H14N2.C7H9ClO3/c1-22-17(21)15(16(20)13-7-8-13)19-11-9-18(10-12-19)14-5-3-2-4-6-14;1-2-4-10(5-3-1)12-8-6-11-7-9-12;1-11-7(10)5(8)6(9)4-2-3-4/h2-6,13,15H,7-12H2,1H3;1-5,11H,6-9H2;4-5H,2-3H2,1H3. The number of benzene rings is 2. The minimum absolute atomic E-state index is 0.0107. The number of para-hydroxylation sites is 2. The molecular formula is C34H45ClN4O6. The number of carbonyl (C=O) groups is 4. The monoisotopic (exact) mass is 640 g/mol. The maximum absolute atomic E-state index is 12.4. The second kappa shape index (κ2) is 17.3. The number of alkyl halides is 1. The third kappa shape index (κ3) is 10.3. The Bertz CT molecular complexity index is 1240. The zero-order chi connectivity index (χ0) is 32.2. The van der Waals surface area contributed by atoms with Crippen molar-refractivity contribution in [3.05, 3.63) is 60.7 Å². The summed E-state index contributed by atoms with van der Waals surface area (Å²) in [6.07, 6.45) is 3.55. The van der Waals surface area contributed by atoms with Crippen LogP contribution in [0, 0.1) is 11.8 Å². The van der Waals surface area contributed by atoms with Crippen LogP contribution in [0.2, 0.25) is 0 Å². The minimum atomic E-state index is -1.09. The molecule has 0 bridgehead atoms. The van der Waals surface area contributed by atoms with Gasteiger partial charge in [0.05, 0.1) is 14.2 Å². The number of nitrogens with one attached hydrogen (secondary N) is 1. The first kappa shape index (κ1) is 34.4. The van der Waals surface area contributed by atoms with Gasteiger partial charge in [0.15, 0.2) is 23.0 Å². The maximum atomic E-state index is 12.4. The van der Waals surface area contributed by atoms with Crippen LogP contribution in [-0.2, 0) is 28.7 Å². The van der Waals surface area contributed by atoms with Gasteiger partial charge in [-0.3, -0.25) is 14.5 Å². The number of hydrogen-bond donors (Lipinski definition) is 1. The van der Waals surface area contributed by atoms with Crippen LogP contribution in [0.4, 0.5) is 11.4 Å². The summed E-state index contributed by atoms with van der Waals surface area (Å²) in [5.41, 5.74) is 2.53. The lowest BCUT2D eigenvalue weighted by Crippen LogP contribution is -2.56. The first-order valence-corrected chi connectivity index (χ1v) is 16.2. The van der Waals surface area contributed by atoms with Gasteiger partial charge in [0.2, 0.25) is 0 Å². The number of nitrogens with zero attached hydrogens (tertiary/aromatic N) is 3. The Hall–Kier alpha value is -3.47. The lowest BCUT2D eigenvalue weighted by molar-refractivity contribution is -0.152. The van der Waals surface area contributed by atoms with Gasteiger partial charge < -0.3 is 24.6 Å². The van der Waals surface area contributed by atoms with Gasteiger partial charge in [0.1, 0.15) is 0 Å². The fourth-order valence-electron chi connectivity index (χ4n) is 5.38. The van der Waals surface area contributed by atoms with Crippen molar-refractivity contribution in [3.63, 3.8) is 0 Å². The predicted molar refractivity (Wildman–Crippen MR) is 175 cm³/mol. The van der Waals surface area contributed by atoms with Crippen molar-refractivity contribution in [3.8, 4) is 0 Å². The molecule has 2 atom stereocenters. The molecule has 2 unspecified atom stereocenters. The van der Waals surface area contributed by atoms with Gasteiger partial charge >= 0.3 is 11.9 Å². The number of anilines is 2. The normalized spacial score (nSPS) is 19.4. The van der Waals surface area contributed by atoms with Crippen LogP contribution < -0.4 is 15.1 Å². The highest BCUT2D eigenvalue weighted by Crippen LogP contribution is 2.33. The van der Waals surface area contributed by atoms with Crippen molar-refractivity contribution in [2.45, 2.75) is 37.1 Å². The van der Waals surface area contributed by atoms with Crippen molar-refractivity contribution in [1.29, 1.82) is 0 Å². The topological polar surface area (TPSA) is 108 Å². The Morgan fingerprint density at radius 3 is 1.56 bits per heavy atom. The number of rotatable bonds is 9. The molecule has 0 amide bonds. The van der Waals surface area contributed by atoms with Crippen LogP contribution >= 0.6 is 11.6 Å². The molecule has 45 heavy (non-hydrogen) atoms. The Labute approximate surface area is 271 Å². The zero-order valence-corrected chi connectivity index (χ0v) is 27.0. The van der Waals surface area contributed by atoms with Crippen LogP contribution in [0.15, 0.2) is 60.7 Å². The molecule has 4 aliphatic rings. The average molecular weight is 641 g/mol. The SMILES string of the molecule is COC(=O)C(C(=O)C1CC1)N1CCN(c2ccccc2)CC1.COC(=O)C(Cl)C(=O)C1CC1.c1ccc(N2CCNCC2)cc1. The fourth-order valence-corrected chi connectivity index (χ4v) is 5.65. The summed E-state index contributed by atoms with van der Waals surface area (Å²) in [5, 5.41) is 2.25. The predicted octanol–water partition coefficient (Wildman–Crippen LogP) is 3.17. The van der Waals surface area contributed by atoms with Crippen LogP contribution in [0.3, 0.4) is 0 Å². The van der Waals surface area contributed by atoms with E-state index in [1.807, 2.05) is 23.1 Å². The van der Waals surface area contributed by atoms with E-state index in [1.54, 1.807) is 0 Å². The van der Waals surface area contributed by atoms with Gasteiger partial charge in [0, 0.05) is 75.6 Å². The summed E-state index contributed by atoms with van der Waals surface area (Å²) in [6, 6.07) is 20.1. The Morgan fingerprint density at radius 2 is 1.11 bits per heavy atom. The molecule has 0 spiro atoms. The molecule has 10 nitrogen and oxygen atoms in total. The lowest BCUT2D eigenvalue weighted by Gasteiger charge is -2.38. The lowest BCUT2D eigenvalue weighted by atomic mass is 10.1. The molecule has 2 aliphatic carbocycles. The van der Waals surface area contributed by atoms with Gasteiger partial charge in [-0.2, -0.15) is 0 Å². The third-order valence-corrected chi connectivity index (χ3v) is 8.74. The third-order valence-electron chi connectivity index (χ3n) is 8.35. The van der Waals surface area contributed by atoms with Crippen molar-refractivity contribution in [2.75, 3.05) is 76.4 Å². The summed E-state index contributed by atoms with van der Waals surface area (Å²) in [7, 11) is 2.58. The molecule has 6 rings (SSSR count). The minimum Gasteiger partial charge on any atom is -0.468 e. The van der Waals surface area contributed by atoms with Crippen molar-refractivity contribution < 1.29 is 28.7 Å². The second-order valence-corrected chi connectivity index (χ2v) is 12.0. The van der Waals surface area contributed by atoms with E-state index in [9.17, 15) is 19.2 Å². The van der Waals surface area contributed by atoms with Gasteiger partial charge in [-0.25, -0.2) is 9.59 Å². The summed E-state index contributed by atoms with van der Waals surface area (Å²) < 4.78 is 9.18. The molecule has 2 aromatic rings. The van der Waals surface area contributed by atoms with E-state index in [-0.39, 0.29) is 23.4 Å². The molecule has 2 saturated heterocycles. The molecule has 11 heteroatoms. The number of hydrogen-bond acceptors (Lipinski definition) is 10. The van der Waals surface area contributed by atoms with E-state index >= 15 is 0 Å². The highest BCUT2D eigenvalue weighted by atomic mass is 35.5. The fraction of sp³-hybridized carbons (Fsp3) is 0.529. The van der Waals surface area contributed by atoms with Gasteiger partial charge in [-0.05, 0) is 49.9 Å². The smallest absolute Gasteiger partial charge is 0.331 e. The molecule has 1 N–H and O–H groups in total. The molecular weight excluding hydrogens is 596 g/mol. The molecule has 4 fully saturated rings. The number of Topliss-reactive ketones (excluding diaryl/α,β-unsaturated/α-hetero) is 2. The van der Waals surface area contributed by atoms with E-state index in [1.165, 1.54) is 25.6 Å².